The van der Waals surface area contributed by atoms with E-state index in [9.17, 15) is 4.79 Å². The van der Waals surface area contributed by atoms with Crippen LogP contribution in [-0.2, 0) is 6.54 Å². The summed E-state index contributed by atoms with van der Waals surface area (Å²) in [6.45, 7) is 5.35. The number of carbonyl (C=O) groups excluding carboxylic acids is 1. The number of hydrogen-bond donors (Lipinski definition) is 1. The van der Waals surface area contributed by atoms with Crippen LogP contribution in [0.5, 0.6) is 0 Å². The second kappa shape index (κ2) is 6.17. The Hall–Kier alpha value is -2.37. The Morgan fingerprint density at radius 1 is 1.28 bits per heavy atom. The minimum Gasteiger partial charge on any atom is -0.316 e. The molecule has 1 aliphatic heterocycles. The number of hydrogen-bond acceptors (Lipinski definition) is 3. The normalized spacial score (nSPS) is 21.4. The van der Waals surface area contributed by atoms with Gasteiger partial charge in [-0.3, -0.25) is 5.32 Å². The highest BCUT2D eigenvalue weighted by Gasteiger charge is 2.56. The van der Waals surface area contributed by atoms with Crippen LogP contribution in [0.3, 0.4) is 0 Å². The molecule has 0 radical (unpaired) electrons. The molecule has 2 amide bonds. The van der Waals surface area contributed by atoms with Crippen molar-refractivity contribution in [3.05, 3.63) is 41.7 Å². The number of carbonyl (C=O) groups is 1. The molecule has 1 saturated carbocycles. The third kappa shape index (κ3) is 2.69. The van der Waals surface area contributed by atoms with E-state index in [2.05, 4.69) is 39.7 Å². The van der Waals surface area contributed by atoms with Crippen LogP contribution in [0.25, 0.3) is 0 Å². The predicted molar refractivity (Wildman–Crippen MR) is 96.2 cm³/mol. The van der Waals surface area contributed by atoms with Crippen molar-refractivity contribution >= 4 is 12.0 Å². The van der Waals surface area contributed by atoms with Gasteiger partial charge in [0.2, 0.25) is 5.95 Å². The number of nitrogens with zero attached hydrogens (tertiary/aromatic N) is 4. The van der Waals surface area contributed by atoms with Crippen molar-refractivity contribution in [1.29, 1.82) is 0 Å². The minimum atomic E-state index is -0.0755. The summed E-state index contributed by atoms with van der Waals surface area (Å²) in [7, 11) is 0. The van der Waals surface area contributed by atoms with Gasteiger partial charge < -0.3 is 4.90 Å². The van der Waals surface area contributed by atoms with E-state index >= 15 is 0 Å². The Kier molecular flexibility index (Phi) is 3.98. The van der Waals surface area contributed by atoms with Crippen molar-refractivity contribution in [2.45, 2.75) is 52.1 Å². The molecule has 2 aromatic rings. The zero-order chi connectivity index (χ0) is 17.4. The Bertz CT molecular complexity index is 763. The maximum absolute atomic E-state index is 12.9. The van der Waals surface area contributed by atoms with Crippen LogP contribution in [0.4, 0.5) is 10.7 Å². The highest BCUT2D eigenvalue weighted by atomic mass is 16.2. The summed E-state index contributed by atoms with van der Waals surface area (Å²) >= 11 is 0. The van der Waals surface area contributed by atoms with Gasteiger partial charge in [0, 0.05) is 18.5 Å². The summed E-state index contributed by atoms with van der Waals surface area (Å²) in [6.07, 6.45) is 4.95. The van der Waals surface area contributed by atoms with Gasteiger partial charge in [-0.05, 0) is 32.3 Å². The fourth-order valence-electron chi connectivity index (χ4n) is 4.54. The van der Waals surface area contributed by atoms with Crippen LogP contribution in [0.15, 0.2) is 30.3 Å². The molecular formula is C19H25N5O. The standard InChI is InChI=1S/C19H25N5O/c1-3-24-17(20-14(2)22-24)21-18(25)23-13-19(11-7-8-12-19)16(23)15-9-5-4-6-10-15/h4-6,9-10,16H,3,7-8,11-13H2,1-2H3,(H,20,21,22,25). The van der Waals surface area contributed by atoms with Crippen molar-refractivity contribution in [2.24, 2.45) is 5.41 Å². The molecule has 1 aliphatic carbocycles. The van der Waals surface area contributed by atoms with E-state index in [4.69, 9.17) is 0 Å². The first-order valence-corrected chi connectivity index (χ1v) is 9.17. The molecule has 4 rings (SSSR count). The largest absolute Gasteiger partial charge is 0.324 e. The second-order valence-electron chi connectivity index (χ2n) is 7.24. The average Bonchev–Trinajstić information content (AvgIpc) is 3.21. The SMILES string of the molecule is CCn1nc(C)nc1NC(=O)N1CC2(CCCC2)C1c1ccccc1. The molecule has 1 spiro atoms. The fourth-order valence-corrected chi connectivity index (χ4v) is 4.54. The molecule has 2 aliphatic rings. The van der Waals surface area contributed by atoms with Gasteiger partial charge in [0.1, 0.15) is 5.82 Å². The predicted octanol–water partition coefficient (Wildman–Crippen LogP) is 3.76. The highest BCUT2D eigenvalue weighted by Crippen LogP contribution is 2.58. The lowest BCUT2D eigenvalue weighted by Gasteiger charge is -2.56. The summed E-state index contributed by atoms with van der Waals surface area (Å²) < 4.78 is 1.73. The second-order valence-corrected chi connectivity index (χ2v) is 7.24. The summed E-state index contributed by atoms with van der Waals surface area (Å²) in [5, 5.41) is 7.27. The number of aryl methyl sites for hydroxylation is 2. The first-order chi connectivity index (χ1) is 12.1. The first kappa shape index (κ1) is 16.1. The molecule has 2 heterocycles. The molecule has 2 fully saturated rings. The summed E-state index contributed by atoms with van der Waals surface area (Å²) in [6, 6.07) is 10.5. The summed E-state index contributed by atoms with van der Waals surface area (Å²) in [5.74, 6) is 1.21. The Morgan fingerprint density at radius 3 is 2.68 bits per heavy atom. The van der Waals surface area contributed by atoms with Gasteiger partial charge in [0.15, 0.2) is 0 Å². The number of nitrogens with one attached hydrogen (secondary N) is 1. The number of likely N-dealkylation sites (tertiary alicyclic amines) is 1. The van der Waals surface area contributed by atoms with Gasteiger partial charge in [-0.25, -0.2) is 9.48 Å². The van der Waals surface area contributed by atoms with Gasteiger partial charge in [-0.2, -0.15) is 10.1 Å². The molecule has 1 aromatic carbocycles. The van der Waals surface area contributed by atoms with Crippen LogP contribution >= 0.6 is 0 Å². The van der Waals surface area contributed by atoms with E-state index in [0.717, 1.165) is 6.54 Å². The van der Waals surface area contributed by atoms with E-state index in [0.29, 0.717) is 18.3 Å². The van der Waals surface area contributed by atoms with Gasteiger partial charge in [0.05, 0.1) is 6.04 Å². The number of benzene rings is 1. The van der Waals surface area contributed by atoms with Crippen LogP contribution in [0, 0.1) is 12.3 Å². The fraction of sp³-hybridized carbons (Fsp3) is 0.526. The van der Waals surface area contributed by atoms with Crippen LogP contribution in [-0.4, -0.2) is 32.2 Å². The van der Waals surface area contributed by atoms with E-state index in [1.165, 1.54) is 31.2 Å². The Morgan fingerprint density at radius 2 is 2.00 bits per heavy atom. The lowest BCUT2D eigenvalue weighted by Crippen LogP contribution is -2.60. The van der Waals surface area contributed by atoms with Crippen LogP contribution in [0.2, 0.25) is 0 Å². The Balaban J connectivity index is 1.57. The van der Waals surface area contributed by atoms with Crippen LogP contribution < -0.4 is 5.32 Å². The molecule has 1 aromatic heterocycles. The molecule has 1 unspecified atom stereocenters. The number of urea groups is 1. The maximum Gasteiger partial charge on any atom is 0.324 e. The third-order valence-electron chi connectivity index (χ3n) is 5.65. The number of amides is 2. The third-order valence-corrected chi connectivity index (χ3v) is 5.65. The van der Waals surface area contributed by atoms with Gasteiger partial charge in [-0.1, -0.05) is 43.2 Å². The molecule has 6 heteroatoms. The lowest BCUT2D eigenvalue weighted by atomic mass is 9.67. The van der Waals surface area contributed by atoms with E-state index in [1.807, 2.05) is 24.8 Å². The van der Waals surface area contributed by atoms with Crippen molar-refractivity contribution in [2.75, 3.05) is 11.9 Å². The molecule has 0 bridgehead atoms. The number of rotatable bonds is 3. The lowest BCUT2D eigenvalue weighted by molar-refractivity contribution is -0.0353. The summed E-state index contributed by atoms with van der Waals surface area (Å²) in [4.78, 5) is 19.2. The number of aromatic nitrogens is 3. The Labute approximate surface area is 148 Å². The van der Waals surface area contributed by atoms with Crippen molar-refractivity contribution in [1.82, 2.24) is 19.7 Å². The van der Waals surface area contributed by atoms with Crippen LogP contribution in [0.1, 0.15) is 50.0 Å². The number of anilines is 1. The molecule has 132 valence electrons. The first-order valence-electron chi connectivity index (χ1n) is 9.17. The smallest absolute Gasteiger partial charge is 0.316 e. The molecule has 1 atom stereocenters. The van der Waals surface area contributed by atoms with Crippen molar-refractivity contribution in [3.8, 4) is 0 Å². The highest BCUT2D eigenvalue weighted by molar-refractivity contribution is 5.88. The average molecular weight is 339 g/mol. The summed E-state index contributed by atoms with van der Waals surface area (Å²) in [5.41, 5.74) is 1.49. The zero-order valence-electron chi connectivity index (χ0n) is 14.9. The van der Waals surface area contributed by atoms with Gasteiger partial charge in [-0.15, -0.1) is 0 Å². The van der Waals surface area contributed by atoms with E-state index < -0.39 is 0 Å². The molecule has 6 nitrogen and oxygen atoms in total. The topological polar surface area (TPSA) is 63.1 Å². The molecule has 25 heavy (non-hydrogen) atoms. The maximum atomic E-state index is 12.9. The monoisotopic (exact) mass is 339 g/mol. The minimum absolute atomic E-state index is 0.0755. The van der Waals surface area contributed by atoms with Gasteiger partial charge >= 0.3 is 6.03 Å². The van der Waals surface area contributed by atoms with Gasteiger partial charge in [0.25, 0.3) is 0 Å². The zero-order valence-corrected chi connectivity index (χ0v) is 14.9. The quantitative estimate of drug-likeness (QED) is 0.926. The molecule has 1 N–H and O–H groups in total. The van der Waals surface area contributed by atoms with Crippen molar-refractivity contribution in [3.63, 3.8) is 0 Å². The molecule has 1 saturated heterocycles. The molecular weight excluding hydrogens is 314 g/mol. The van der Waals surface area contributed by atoms with E-state index in [1.54, 1.807) is 4.68 Å². The van der Waals surface area contributed by atoms with Crippen molar-refractivity contribution < 1.29 is 4.79 Å². The van der Waals surface area contributed by atoms with E-state index in [-0.39, 0.29) is 17.5 Å².